The lowest BCUT2D eigenvalue weighted by Crippen LogP contribution is -2.08. The van der Waals surface area contributed by atoms with E-state index in [0.29, 0.717) is 11.6 Å². The second kappa shape index (κ2) is 16.8. The van der Waals surface area contributed by atoms with E-state index in [9.17, 15) is 0 Å². The zero-order valence-corrected chi connectivity index (χ0v) is 36.1. The van der Waals surface area contributed by atoms with Gasteiger partial charge in [-0.2, -0.15) is 0 Å². The average Bonchev–Trinajstić information content (AvgIpc) is 3.41. The predicted octanol–water partition coefficient (Wildman–Crippen LogP) is 15.9. The van der Waals surface area contributed by atoms with E-state index in [-0.39, 0.29) is 5.92 Å². The molecule has 11 aromatic rings. The van der Waals surface area contributed by atoms with Crippen LogP contribution in [-0.4, -0.2) is 19.9 Å². The van der Waals surface area contributed by atoms with Crippen molar-refractivity contribution in [2.24, 2.45) is 0 Å². The minimum Gasteiger partial charge on any atom is -0.247 e. The van der Waals surface area contributed by atoms with Crippen LogP contribution < -0.4 is 0 Å². The van der Waals surface area contributed by atoms with Crippen LogP contribution in [0.5, 0.6) is 0 Å². The van der Waals surface area contributed by atoms with Crippen LogP contribution in [-0.2, 0) is 0 Å². The highest BCUT2D eigenvalue weighted by Crippen LogP contribution is 2.39. The van der Waals surface area contributed by atoms with Crippen LogP contribution in [0, 0.1) is 0 Å². The highest BCUT2D eigenvalue weighted by molar-refractivity contribution is 6.21. The minimum absolute atomic E-state index is 0.0284. The van der Waals surface area contributed by atoms with Crippen molar-refractivity contribution >= 4 is 38.0 Å². The number of para-hydroxylation sites is 1. The molecule has 0 aliphatic heterocycles. The van der Waals surface area contributed by atoms with Gasteiger partial charge in [-0.25, -0.2) is 19.9 Å². The summed E-state index contributed by atoms with van der Waals surface area (Å²) in [7, 11) is 0. The molecule has 0 bridgehead atoms. The van der Waals surface area contributed by atoms with Crippen LogP contribution in [0.4, 0.5) is 0 Å². The molecule has 0 fully saturated rings. The Morgan fingerprint density at radius 2 is 0.864 bits per heavy atom. The highest BCUT2D eigenvalue weighted by atomic mass is 15.0. The van der Waals surface area contributed by atoms with Gasteiger partial charge in [0.15, 0.2) is 11.6 Å². The first kappa shape index (κ1) is 39.0. The molecule has 66 heavy (non-hydrogen) atoms. The second-order valence-electron chi connectivity index (χ2n) is 16.9. The van der Waals surface area contributed by atoms with Gasteiger partial charge in [-0.05, 0) is 79.2 Å². The van der Waals surface area contributed by atoms with Crippen molar-refractivity contribution in [3.8, 4) is 67.4 Å². The van der Waals surface area contributed by atoms with E-state index in [1.165, 1.54) is 43.6 Å². The first-order valence-corrected chi connectivity index (χ1v) is 22.6. The minimum atomic E-state index is 0.0284. The lowest BCUT2D eigenvalue weighted by atomic mass is 9.92. The van der Waals surface area contributed by atoms with Crippen molar-refractivity contribution in [3.05, 3.63) is 248 Å². The fourth-order valence-electron chi connectivity index (χ4n) is 9.36. The van der Waals surface area contributed by atoms with Gasteiger partial charge in [-0.3, -0.25) is 0 Å². The third-order valence-corrected chi connectivity index (χ3v) is 12.9. The molecule has 0 radical (unpaired) electrons. The molecule has 1 aliphatic rings. The number of hydrogen-bond acceptors (Lipinski definition) is 4. The molecule has 9 aromatic carbocycles. The van der Waals surface area contributed by atoms with Gasteiger partial charge in [0.1, 0.15) is 5.82 Å². The first-order chi connectivity index (χ1) is 32.7. The zero-order valence-electron chi connectivity index (χ0n) is 36.1. The van der Waals surface area contributed by atoms with E-state index in [4.69, 9.17) is 19.9 Å². The molecule has 0 spiro atoms. The van der Waals surface area contributed by atoms with Crippen molar-refractivity contribution in [3.63, 3.8) is 0 Å². The van der Waals surface area contributed by atoms with E-state index in [2.05, 4.69) is 231 Å². The smallest absolute Gasteiger partial charge is 0.163 e. The molecule has 12 rings (SSSR count). The number of pyridine rings is 1. The summed E-state index contributed by atoms with van der Waals surface area (Å²) in [5, 5.41) is 6.01. The Morgan fingerprint density at radius 3 is 1.50 bits per heavy atom. The molecule has 310 valence electrons. The SMILES string of the molecule is C1=CC(c2nc(-c3ccc(-c4ccccc4)cc3)nc(-c3ccc(-c4cccc(-c5ccc(-c6nc7ccccc7c7ccc8ccccc8c67)cc5)c4)cc3)n2)CC=C1c1ccccc1. The maximum absolute atomic E-state index is 5.27. The van der Waals surface area contributed by atoms with E-state index < -0.39 is 0 Å². The fourth-order valence-corrected chi connectivity index (χ4v) is 9.36. The summed E-state index contributed by atoms with van der Waals surface area (Å²) in [6, 6.07) is 77.2. The monoisotopic (exact) mass is 842 g/mol. The molecule has 0 N–H and O–H groups in total. The van der Waals surface area contributed by atoms with Crippen LogP contribution in [0.3, 0.4) is 0 Å². The molecule has 1 atom stereocenters. The summed E-state index contributed by atoms with van der Waals surface area (Å²) in [6.45, 7) is 0. The van der Waals surface area contributed by atoms with Gasteiger partial charge in [-0.1, -0.05) is 224 Å². The average molecular weight is 843 g/mol. The standard InChI is InChI=1S/C62H42N4/c1-3-12-41(13-4-1)43-24-32-49(33-25-43)60-64-61(50-34-26-44(27-35-50)42-14-5-2-6-15-42)66-62(65-60)51-36-28-46(29-37-51)53-18-11-17-52(40-53)45-22-30-48(31-23-45)59-58-54-19-8-7-16-47(54)38-39-56(58)55-20-9-10-21-57(55)63-59/h1-34,36-40,50H,35H2. The van der Waals surface area contributed by atoms with Crippen LogP contribution >= 0.6 is 0 Å². The zero-order chi connectivity index (χ0) is 43.8. The Kier molecular flexibility index (Phi) is 9.95. The van der Waals surface area contributed by atoms with Gasteiger partial charge in [-0.15, -0.1) is 0 Å². The van der Waals surface area contributed by atoms with Crippen molar-refractivity contribution in [2.75, 3.05) is 0 Å². The number of benzene rings is 9. The second-order valence-corrected chi connectivity index (χ2v) is 16.9. The van der Waals surface area contributed by atoms with Crippen LogP contribution in [0.15, 0.2) is 237 Å². The van der Waals surface area contributed by atoms with E-state index in [0.717, 1.165) is 68.0 Å². The Morgan fingerprint density at radius 1 is 0.348 bits per heavy atom. The van der Waals surface area contributed by atoms with Crippen molar-refractivity contribution in [2.45, 2.75) is 12.3 Å². The molecule has 4 heteroatoms. The van der Waals surface area contributed by atoms with E-state index in [1.54, 1.807) is 0 Å². The van der Waals surface area contributed by atoms with Gasteiger partial charge < -0.3 is 0 Å². The van der Waals surface area contributed by atoms with Crippen LogP contribution in [0.2, 0.25) is 0 Å². The number of allylic oxidation sites excluding steroid dienone is 4. The van der Waals surface area contributed by atoms with Gasteiger partial charge >= 0.3 is 0 Å². The Hall–Kier alpha value is -8.60. The number of hydrogen-bond donors (Lipinski definition) is 0. The molecule has 2 heterocycles. The molecular formula is C62H42N4. The van der Waals surface area contributed by atoms with Gasteiger partial charge in [0.25, 0.3) is 0 Å². The van der Waals surface area contributed by atoms with Gasteiger partial charge in [0.2, 0.25) is 0 Å². The third kappa shape index (κ3) is 7.44. The Balaban J connectivity index is 0.851. The van der Waals surface area contributed by atoms with Gasteiger partial charge in [0.05, 0.1) is 11.2 Å². The summed E-state index contributed by atoms with van der Waals surface area (Å²) in [4.78, 5) is 20.6. The Bertz CT molecular complexity index is 3630. The number of fused-ring (bicyclic) bond motifs is 5. The number of aromatic nitrogens is 4. The summed E-state index contributed by atoms with van der Waals surface area (Å²) in [6.07, 6.45) is 7.53. The number of nitrogens with zero attached hydrogens (tertiary/aromatic N) is 4. The quantitative estimate of drug-likeness (QED) is 0.143. The predicted molar refractivity (Wildman–Crippen MR) is 274 cm³/mol. The first-order valence-electron chi connectivity index (χ1n) is 22.6. The lowest BCUT2D eigenvalue weighted by Gasteiger charge is -2.17. The van der Waals surface area contributed by atoms with Crippen molar-refractivity contribution in [1.82, 2.24) is 19.9 Å². The largest absolute Gasteiger partial charge is 0.247 e. The summed E-state index contributed by atoms with van der Waals surface area (Å²) in [5.74, 6) is 2.13. The van der Waals surface area contributed by atoms with Crippen LogP contribution in [0.1, 0.15) is 23.7 Å². The van der Waals surface area contributed by atoms with E-state index in [1.807, 2.05) is 6.07 Å². The topological polar surface area (TPSA) is 51.6 Å². The molecular weight excluding hydrogens is 801 g/mol. The van der Waals surface area contributed by atoms with E-state index >= 15 is 0 Å². The molecule has 2 aromatic heterocycles. The molecule has 1 unspecified atom stereocenters. The molecule has 0 saturated heterocycles. The highest BCUT2D eigenvalue weighted by Gasteiger charge is 2.20. The fraction of sp³-hybridized carbons (Fsp3) is 0.0323. The molecule has 0 amide bonds. The lowest BCUT2D eigenvalue weighted by molar-refractivity contribution is 0.766. The maximum Gasteiger partial charge on any atom is 0.163 e. The third-order valence-electron chi connectivity index (χ3n) is 12.9. The van der Waals surface area contributed by atoms with Crippen molar-refractivity contribution in [1.29, 1.82) is 0 Å². The molecule has 4 nitrogen and oxygen atoms in total. The maximum atomic E-state index is 5.27. The van der Waals surface area contributed by atoms with Crippen molar-refractivity contribution < 1.29 is 0 Å². The van der Waals surface area contributed by atoms with Crippen LogP contribution in [0.25, 0.3) is 105 Å². The summed E-state index contributed by atoms with van der Waals surface area (Å²) >= 11 is 0. The molecule has 0 saturated carbocycles. The Labute approximate surface area is 384 Å². The number of rotatable bonds is 8. The normalized spacial score (nSPS) is 13.6. The summed E-state index contributed by atoms with van der Waals surface area (Å²) in [5.41, 5.74) is 14.3. The van der Waals surface area contributed by atoms with Gasteiger partial charge in [0, 0.05) is 33.4 Å². The summed E-state index contributed by atoms with van der Waals surface area (Å²) < 4.78 is 0. The molecule has 1 aliphatic carbocycles.